The molecule has 1 aromatic heterocycles. The zero-order valence-corrected chi connectivity index (χ0v) is 66.0. The van der Waals surface area contributed by atoms with Crippen LogP contribution in [-0.2, 0) is 99.1 Å². The van der Waals surface area contributed by atoms with Gasteiger partial charge in [0.15, 0.2) is 0 Å². The fourth-order valence-electron chi connectivity index (χ4n) is 12.6. The molecule has 0 bridgehead atoms. The summed E-state index contributed by atoms with van der Waals surface area (Å²) in [7, 11) is 0. The van der Waals surface area contributed by atoms with Crippen LogP contribution in [0.1, 0.15) is 150 Å². The van der Waals surface area contributed by atoms with Crippen LogP contribution < -0.4 is 92.5 Å². The highest BCUT2D eigenvalue weighted by molar-refractivity contribution is 7.80. The van der Waals surface area contributed by atoms with Crippen molar-refractivity contribution in [3.8, 4) is 0 Å². The van der Waals surface area contributed by atoms with E-state index in [1.165, 1.54) is 36.2 Å². The number of thiol groups is 1. The van der Waals surface area contributed by atoms with Gasteiger partial charge in [-0.15, -0.1) is 0 Å². The first-order valence-electron chi connectivity index (χ1n) is 37.8. The second-order valence-corrected chi connectivity index (χ2v) is 29.5. The number of amides is 17. The first-order chi connectivity index (χ1) is 53.7. The van der Waals surface area contributed by atoms with E-state index in [0.29, 0.717) is 31.2 Å². The molecule has 2 saturated heterocycles. The predicted octanol–water partition coefficient (Wildman–Crippen LogP) is -6.98. The molecule has 0 aliphatic carbocycles. The summed E-state index contributed by atoms with van der Waals surface area (Å²) in [6, 6.07) is -11.6. The normalized spacial score (nSPS) is 17.3. The number of benzene rings is 1. The lowest BCUT2D eigenvalue weighted by molar-refractivity contribution is -0.144. The van der Waals surface area contributed by atoms with Crippen molar-refractivity contribution >= 4 is 119 Å². The van der Waals surface area contributed by atoms with Gasteiger partial charge in [-0.2, -0.15) is 12.6 Å². The molecule has 114 heavy (non-hydrogen) atoms. The van der Waals surface area contributed by atoms with Crippen LogP contribution in [0.2, 0.25) is 0 Å². The number of aliphatic carboxylic acids is 1. The number of hydrogen-bond acceptors (Lipinski definition) is 23. The minimum atomic E-state index is -1.79. The molecule has 0 saturated carbocycles. The molecule has 3 heterocycles. The number of aliphatic hydroxyl groups excluding tert-OH is 1. The van der Waals surface area contributed by atoms with Crippen LogP contribution in [0.5, 0.6) is 0 Å². The van der Waals surface area contributed by atoms with Crippen LogP contribution in [0.4, 0.5) is 0 Å². The molecule has 42 heteroatoms. The molecule has 41 nitrogen and oxygen atoms in total. The standard InChI is InChI=1S/C72H113N21O20S/c1-36(2)27-46(63(103)83-44(20-22-54(75)95)61(101)86-48(30-42-32-78-35-80-42)65(105)85-47(29-41-15-9-8-10-16-41)64(104)90-51(34-114)72(112)113)88-69(109)58(40(7)94)91-57(98)33-79-67(107)52-18-13-25-92(52)70(110)39(6)81-68(108)53-19-14-26-93(53)71(111)50(28-37(3)4)89-62(102)45(21-23-55(76)96)84-66(106)49(31-56(77)97)87-60(100)43(17-11-12-24-73)82-59(99)38(5)74/h8-10,15-16,32,35-40,43-53,58,94,114H,11-14,17-31,33-34,73-74H2,1-7H3,(H2,75,95)(H2,76,96)(H2,77,97)(H,78,80)(H,79,107)(H,81,108)(H,82,99)(H,83,103)(H,84,106)(H,85,105)(H,86,101)(H,87,100)(H,88,109)(H,89,102)(H,90,104)(H,91,98)(H,112,113)/t38-,39-,40+,43-,44-,45-,46-,47-,48-,49-,50-,51-,52-,53-,58-/m0/s1. The third kappa shape index (κ3) is 31.9. The molecule has 2 fully saturated rings. The summed E-state index contributed by atoms with van der Waals surface area (Å²) >= 11 is 4.02. The number of aromatic nitrogens is 2. The van der Waals surface area contributed by atoms with Crippen molar-refractivity contribution in [2.45, 2.75) is 242 Å². The van der Waals surface area contributed by atoms with Gasteiger partial charge in [-0.3, -0.25) is 81.5 Å². The summed E-state index contributed by atoms with van der Waals surface area (Å²) in [5, 5.41) is 50.3. The number of aliphatic hydroxyl groups is 1. The van der Waals surface area contributed by atoms with Crippen molar-refractivity contribution in [1.29, 1.82) is 0 Å². The lowest BCUT2D eigenvalue weighted by Crippen LogP contribution is -2.61. The highest BCUT2D eigenvalue weighted by Gasteiger charge is 2.43. The zero-order valence-electron chi connectivity index (χ0n) is 65.1. The van der Waals surface area contributed by atoms with E-state index >= 15 is 0 Å². The van der Waals surface area contributed by atoms with Gasteiger partial charge < -0.3 is 117 Å². The molecule has 25 N–H and O–H groups in total. The maximum Gasteiger partial charge on any atom is 0.327 e. The summed E-state index contributed by atoms with van der Waals surface area (Å²) in [5.74, 6) is -17.9. The van der Waals surface area contributed by atoms with Crippen LogP contribution in [0, 0.1) is 11.8 Å². The zero-order chi connectivity index (χ0) is 85.2. The summed E-state index contributed by atoms with van der Waals surface area (Å²) in [4.78, 5) is 253. The van der Waals surface area contributed by atoms with E-state index in [1.807, 2.05) is 0 Å². The van der Waals surface area contributed by atoms with Crippen molar-refractivity contribution in [3.05, 3.63) is 54.1 Å². The van der Waals surface area contributed by atoms with Gasteiger partial charge in [-0.05, 0) is 115 Å². The number of hydrogen-bond donors (Lipinski definition) is 21. The minimum Gasteiger partial charge on any atom is -0.480 e. The van der Waals surface area contributed by atoms with Crippen molar-refractivity contribution < 1.29 is 96.5 Å². The molecule has 0 unspecified atom stereocenters. The number of H-pyrrole nitrogens is 1. The van der Waals surface area contributed by atoms with Crippen LogP contribution in [0.15, 0.2) is 42.9 Å². The van der Waals surface area contributed by atoms with Crippen LogP contribution in [0.3, 0.4) is 0 Å². The van der Waals surface area contributed by atoms with Gasteiger partial charge >= 0.3 is 5.97 Å². The lowest BCUT2D eigenvalue weighted by atomic mass is 10.0. The number of carbonyl (C=O) groups excluding carboxylic acids is 17. The quantitative estimate of drug-likeness (QED) is 0.0216. The number of nitrogens with zero attached hydrogens (tertiary/aromatic N) is 3. The molecule has 4 rings (SSSR count). The van der Waals surface area contributed by atoms with Crippen LogP contribution in [-0.4, -0.2) is 259 Å². The SMILES string of the molecule is CC(C)C[C@H](NC(=O)[C@@H](NC(=O)CNC(=O)[C@@H]1CCCN1C(=O)[C@H](C)NC(=O)[C@@H]1CCCN1C(=O)[C@H](CC(C)C)NC(=O)[C@H](CCC(N)=O)NC(=O)[C@H](CC(N)=O)NC(=O)[C@H](CCCCN)NC(=O)[C@H](C)N)[C@@H](C)O)C(=O)N[C@@H](CCC(N)=O)C(=O)N[C@@H](Cc1c[nH]cn1)C(=O)N[C@@H](Cc1ccccc1)C(=O)N[C@@H](CS)C(=O)O. The number of nitrogens with two attached hydrogens (primary N) is 5. The monoisotopic (exact) mass is 1620 g/mol. The van der Waals surface area contributed by atoms with Crippen molar-refractivity contribution in [2.75, 3.05) is 31.9 Å². The Morgan fingerprint density at radius 1 is 0.526 bits per heavy atom. The average Bonchev–Trinajstić information content (AvgIpc) is 1.43. The molecule has 2 aromatic rings. The number of rotatable bonds is 49. The van der Waals surface area contributed by atoms with Gasteiger partial charge in [-0.25, -0.2) is 9.78 Å². The molecule has 0 radical (unpaired) electrons. The Kier molecular flexibility index (Phi) is 39.9. The number of primary amides is 3. The smallest absolute Gasteiger partial charge is 0.327 e. The first kappa shape index (κ1) is 95.5. The van der Waals surface area contributed by atoms with Crippen LogP contribution >= 0.6 is 12.6 Å². The fraction of sp³-hybridized carbons (Fsp3) is 0.625. The summed E-state index contributed by atoms with van der Waals surface area (Å²) in [6.45, 7) is 10.3. The Bertz CT molecular complexity index is 3680. The third-order valence-electron chi connectivity index (χ3n) is 18.5. The van der Waals surface area contributed by atoms with Gasteiger partial charge in [-0.1, -0.05) is 58.0 Å². The third-order valence-corrected chi connectivity index (χ3v) is 18.9. The Morgan fingerprint density at radius 2 is 0.982 bits per heavy atom. The largest absolute Gasteiger partial charge is 0.480 e. The molecule has 632 valence electrons. The second kappa shape index (κ2) is 47.6. The fourth-order valence-corrected chi connectivity index (χ4v) is 12.8. The Morgan fingerprint density at radius 3 is 1.47 bits per heavy atom. The van der Waals surface area contributed by atoms with E-state index in [2.05, 4.69) is 86.4 Å². The molecule has 2 aliphatic rings. The van der Waals surface area contributed by atoms with E-state index in [1.54, 1.807) is 58.0 Å². The van der Waals surface area contributed by atoms with E-state index in [4.69, 9.17) is 28.7 Å². The van der Waals surface area contributed by atoms with Crippen molar-refractivity contribution in [3.63, 3.8) is 0 Å². The maximum absolute atomic E-state index is 14.6. The number of carboxylic acids is 1. The Hall–Kier alpha value is -10.9. The number of unbranched alkanes of at least 4 members (excludes halogenated alkanes) is 1. The second-order valence-electron chi connectivity index (χ2n) is 29.2. The van der Waals surface area contributed by atoms with Gasteiger partial charge in [0.25, 0.3) is 0 Å². The van der Waals surface area contributed by atoms with Gasteiger partial charge in [0.1, 0.15) is 78.5 Å². The Balaban J connectivity index is 1.44. The summed E-state index contributed by atoms with van der Waals surface area (Å²) in [5.41, 5.74) is 28.5. The predicted molar refractivity (Wildman–Crippen MR) is 411 cm³/mol. The summed E-state index contributed by atoms with van der Waals surface area (Å²) < 4.78 is 0. The molecule has 0 spiro atoms. The van der Waals surface area contributed by atoms with Gasteiger partial charge in [0, 0.05) is 50.7 Å². The molecule has 15 atom stereocenters. The number of aromatic amines is 1. The van der Waals surface area contributed by atoms with Crippen LogP contribution in [0.25, 0.3) is 0 Å². The average molecular weight is 1620 g/mol. The van der Waals surface area contributed by atoms with Gasteiger partial charge in [0.05, 0.1) is 37.1 Å². The van der Waals surface area contributed by atoms with Crippen molar-refractivity contribution in [2.24, 2.45) is 40.5 Å². The lowest BCUT2D eigenvalue weighted by Gasteiger charge is -2.32. The molecular weight excluding hydrogens is 1510 g/mol. The number of imidazole rings is 1. The molecule has 17 amide bonds. The maximum atomic E-state index is 14.6. The van der Waals surface area contributed by atoms with E-state index < -0.39 is 236 Å². The number of likely N-dealkylation sites (tertiary alicyclic amines) is 2. The van der Waals surface area contributed by atoms with Gasteiger partial charge in [0.2, 0.25) is 100 Å². The molecule has 2 aliphatic heterocycles. The Labute approximate surface area is 664 Å². The number of carboxylic acid groups (broad SMARTS) is 1. The topological polar surface area (TPSA) is 657 Å². The minimum absolute atomic E-state index is 0.0165. The first-order valence-corrected chi connectivity index (χ1v) is 38.4. The molecular formula is C72H113N21O20S. The van der Waals surface area contributed by atoms with E-state index in [-0.39, 0.29) is 87.9 Å². The van der Waals surface area contributed by atoms with Crippen molar-refractivity contribution in [1.82, 2.24) is 83.6 Å². The number of nitrogens with one attached hydrogen (secondary N) is 13. The molecule has 1 aromatic carbocycles. The van der Waals surface area contributed by atoms with E-state index in [0.717, 1.165) is 6.92 Å². The number of carbonyl (C=O) groups is 18. The summed E-state index contributed by atoms with van der Waals surface area (Å²) in [6.07, 6.45) is -0.431. The highest BCUT2D eigenvalue weighted by atomic mass is 32.1. The van der Waals surface area contributed by atoms with E-state index in [9.17, 15) is 96.5 Å². The highest BCUT2D eigenvalue weighted by Crippen LogP contribution is 2.23.